The van der Waals surface area contributed by atoms with Gasteiger partial charge >= 0.3 is 0 Å². The van der Waals surface area contributed by atoms with Crippen LogP contribution in [0.4, 0.5) is 5.13 Å². The van der Waals surface area contributed by atoms with Gasteiger partial charge in [0, 0.05) is 4.91 Å². The predicted octanol–water partition coefficient (Wildman–Crippen LogP) is 2.55. The second-order valence-electron chi connectivity index (χ2n) is 2.92. The van der Waals surface area contributed by atoms with Crippen LogP contribution in [-0.4, -0.2) is 17.4 Å². The van der Waals surface area contributed by atoms with Gasteiger partial charge in [0.2, 0.25) is 5.91 Å². The summed E-state index contributed by atoms with van der Waals surface area (Å²) in [5.74, 6) is -0.364. The highest BCUT2D eigenvalue weighted by atomic mass is 32.1. The number of carbonyl (C=O) groups is 1. The van der Waals surface area contributed by atoms with Crippen molar-refractivity contribution in [2.75, 3.05) is 11.9 Å². The fourth-order valence-corrected chi connectivity index (χ4v) is 2.06. The molecule has 16 heavy (non-hydrogen) atoms. The van der Waals surface area contributed by atoms with E-state index < -0.39 is 0 Å². The summed E-state index contributed by atoms with van der Waals surface area (Å²) in [4.78, 5) is 18.0. The number of hydrogen-bond acceptors (Lipinski definition) is 4. The number of thiazole rings is 1. The number of hydrogen-bond donors (Lipinski definition) is 1. The van der Waals surface area contributed by atoms with Gasteiger partial charge in [-0.15, -0.1) is 0 Å². The zero-order valence-electron chi connectivity index (χ0n) is 8.12. The van der Waals surface area contributed by atoms with Crippen molar-refractivity contribution < 1.29 is 4.79 Å². The monoisotopic (exact) mass is 233 g/mol. The molecule has 80 valence electrons. The van der Waals surface area contributed by atoms with E-state index in [4.69, 9.17) is 5.53 Å². The first kappa shape index (κ1) is 10.4. The van der Waals surface area contributed by atoms with Gasteiger partial charge in [0.15, 0.2) is 5.13 Å². The number of aromatic nitrogens is 1. The van der Waals surface area contributed by atoms with E-state index in [1.165, 1.54) is 11.3 Å². The van der Waals surface area contributed by atoms with E-state index >= 15 is 0 Å². The fraction of sp³-hybridized carbons (Fsp3) is 0.111. The molecule has 1 amide bonds. The Bertz CT molecular complexity index is 539. The molecule has 0 aliphatic carbocycles. The normalized spacial score (nSPS) is 9.75. The molecule has 0 radical (unpaired) electrons. The summed E-state index contributed by atoms with van der Waals surface area (Å²) < 4.78 is 1.00. The van der Waals surface area contributed by atoms with Crippen molar-refractivity contribution >= 4 is 32.6 Å². The number of para-hydroxylation sites is 1. The van der Waals surface area contributed by atoms with Gasteiger partial charge in [-0.1, -0.05) is 28.6 Å². The number of azide groups is 1. The van der Waals surface area contributed by atoms with Crippen molar-refractivity contribution in [3.8, 4) is 0 Å². The predicted molar refractivity (Wildman–Crippen MR) is 62.3 cm³/mol. The van der Waals surface area contributed by atoms with E-state index in [0.29, 0.717) is 5.13 Å². The highest BCUT2D eigenvalue weighted by Gasteiger charge is 2.05. The van der Waals surface area contributed by atoms with Crippen LogP contribution in [0.2, 0.25) is 0 Å². The Morgan fingerprint density at radius 2 is 2.38 bits per heavy atom. The van der Waals surface area contributed by atoms with Crippen molar-refractivity contribution in [3.63, 3.8) is 0 Å². The van der Waals surface area contributed by atoms with Crippen molar-refractivity contribution in [1.82, 2.24) is 4.98 Å². The Labute approximate surface area is 94.5 Å². The van der Waals surface area contributed by atoms with Gasteiger partial charge in [0.1, 0.15) is 6.54 Å². The lowest BCUT2D eigenvalue weighted by Gasteiger charge is -1.95. The van der Waals surface area contributed by atoms with Crippen molar-refractivity contribution in [2.24, 2.45) is 5.11 Å². The standard InChI is InChI=1S/C9H7N5OS/c10-14-11-5-8(15)13-9-12-6-3-1-2-4-7(6)16-9/h1-4H,5H2,(H,12,13,15). The molecule has 0 unspecified atom stereocenters. The molecule has 0 bridgehead atoms. The van der Waals surface area contributed by atoms with Gasteiger partial charge in [-0.2, -0.15) is 0 Å². The maximum absolute atomic E-state index is 11.2. The zero-order valence-corrected chi connectivity index (χ0v) is 8.94. The molecule has 0 spiro atoms. The molecule has 1 aromatic carbocycles. The lowest BCUT2D eigenvalue weighted by Crippen LogP contribution is -2.13. The average Bonchev–Trinajstić information content (AvgIpc) is 2.68. The number of benzene rings is 1. The fourth-order valence-electron chi connectivity index (χ4n) is 1.18. The lowest BCUT2D eigenvalue weighted by atomic mass is 10.3. The topological polar surface area (TPSA) is 90.8 Å². The van der Waals surface area contributed by atoms with Crippen LogP contribution in [0.3, 0.4) is 0 Å². The van der Waals surface area contributed by atoms with Gasteiger partial charge in [0.05, 0.1) is 10.2 Å². The molecule has 0 aliphatic rings. The molecule has 2 rings (SSSR count). The highest BCUT2D eigenvalue weighted by Crippen LogP contribution is 2.25. The minimum Gasteiger partial charge on any atom is -0.302 e. The van der Waals surface area contributed by atoms with Crippen LogP contribution in [0, 0.1) is 0 Å². The molecule has 1 heterocycles. The van der Waals surface area contributed by atoms with Gasteiger partial charge < -0.3 is 5.32 Å². The number of nitrogens with one attached hydrogen (secondary N) is 1. The van der Waals surface area contributed by atoms with Crippen LogP contribution in [0.1, 0.15) is 0 Å². The van der Waals surface area contributed by atoms with E-state index in [-0.39, 0.29) is 12.5 Å². The SMILES string of the molecule is [N-]=[N+]=NCC(=O)Nc1nc2ccccc2s1. The number of carbonyl (C=O) groups excluding carboxylic acids is 1. The third-order valence-electron chi connectivity index (χ3n) is 1.82. The van der Waals surface area contributed by atoms with Crippen LogP contribution < -0.4 is 5.32 Å². The molecule has 1 N–H and O–H groups in total. The molecule has 6 nitrogen and oxygen atoms in total. The Hall–Kier alpha value is -2.11. The molecule has 0 saturated heterocycles. The summed E-state index contributed by atoms with van der Waals surface area (Å²) in [6.07, 6.45) is 0. The minimum atomic E-state index is -0.364. The average molecular weight is 233 g/mol. The molecule has 0 saturated carbocycles. The van der Waals surface area contributed by atoms with Gasteiger partial charge in [-0.3, -0.25) is 4.79 Å². The van der Waals surface area contributed by atoms with Gasteiger partial charge in [0.25, 0.3) is 0 Å². The molecular weight excluding hydrogens is 226 g/mol. The summed E-state index contributed by atoms with van der Waals surface area (Å²) in [6.45, 7) is -0.216. The smallest absolute Gasteiger partial charge is 0.232 e. The second kappa shape index (κ2) is 4.61. The van der Waals surface area contributed by atoms with Crippen LogP contribution in [0.15, 0.2) is 29.4 Å². The first-order valence-corrected chi connectivity index (χ1v) is 5.27. The lowest BCUT2D eigenvalue weighted by molar-refractivity contribution is -0.114. The van der Waals surface area contributed by atoms with Crippen molar-refractivity contribution in [1.29, 1.82) is 0 Å². The Kier molecular flexibility index (Phi) is 3.00. The van der Waals surface area contributed by atoms with E-state index in [9.17, 15) is 4.79 Å². The van der Waals surface area contributed by atoms with Gasteiger partial charge in [-0.05, 0) is 17.7 Å². The number of anilines is 1. The largest absolute Gasteiger partial charge is 0.302 e. The molecule has 2 aromatic rings. The molecular formula is C9H7N5OS. The Morgan fingerprint density at radius 1 is 1.56 bits per heavy atom. The molecule has 1 aromatic heterocycles. The van der Waals surface area contributed by atoms with Crippen molar-refractivity contribution in [2.45, 2.75) is 0 Å². The molecule has 0 aliphatic heterocycles. The second-order valence-corrected chi connectivity index (χ2v) is 3.95. The van der Waals surface area contributed by atoms with Crippen LogP contribution >= 0.6 is 11.3 Å². The summed E-state index contributed by atoms with van der Waals surface area (Å²) in [5.41, 5.74) is 8.90. The number of amides is 1. The zero-order chi connectivity index (χ0) is 11.4. The number of nitrogens with zero attached hydrogens (tertiary/aromatic N) is 4. The quantitative estimate of drug-likeness (QED) is 0.501. The van der Waals surface area contributed by atoms with Crippen LogP contribution in [0.5, 0.6) is 0 Å². The first-order valence-electron chi connectivity index (χ1n) is 4.46. The summed E-state index contributed by atoms with van der Waals surface area (Å²) >= 11 is 1.38. The van der Waals surface area contributed by atoms with Gasteiger partial charge in [-0.25, -0.2) is 4.98 Å². The molecule has 7 heteroatoms. The Morgan fingerprint density at radius 3 is 3.12 bits per heavy atom. The van der Waals surface area contributed by atoms with E-state index in [0.717, 1.165) is 10.2 Å². The third-order valence-corrected chi connectivity index (χ3v) is 2.77. The summed E-state index contributed by atoms with van der Waals surface area (Å²) in [5, 5.41) is 6.25. The first-order chi connectivity index (χ1) is 7.79. The maximum Gasteiger partial charge on any atom is 0.232 e. The van der Waals surface area contributed by atoms with E-state index in [1.807, 2.05) is 24.3 Å². The molecule has 0 fully saturated rings. The van der Waals surface area contributed by atoms with E-state index in [2.05, 4.69) is 20.3 Å². The summed E-state index contributed by atoms with van der Waals surface area (Å²) in [7, 11) is 0. The Balaban J connectivity index is 2.15. The number of fused-ring (bicyclic) bond motifs is 1. The maximum atomic E-state index is 11.2. The van der Waals surface area contributed by atoms with Crippen LogP contribution in [-0.2, 0) is 4.79 Å². The van der Waals surface area contributed by atoms with E-state index in [1.54, 1.807) is 0 Å². The molecule has 0 atom stereocenters. The van der Waals surface area contributed by atoms with Crippen LogP contribution in [0.25, 0.3) is 20.7 Å². The highest BCUT2D eigenvalue weighted by molar-refractivity contribution is 7.22. The summed E-state index contributed by atoms with van der Waals surface area (Å²) in [6, 6.07) is 7.59. The third kappa shape index (κ3) is 2.28. The number of rotatable bonds is 3. The van der Waals surface area contributed by atoms with Crippen molar-refractivity contribution in [3.05, 3.63) is 34.7 Å². The minimum absolute atomic E-state index is 0.216.